The monoisotopic (exact) mass is 341 g/mol. The molecule has 1 aliphatic rings. The van der Waals surface area contributed by atoms with Crippen molar-refractivity contribution in [2.45, 2.75) is 19.3 Å². The van der Waals surface area contributed by atoms with Crippen LogP contribution in [0.2, 0.25) is 0 Å². The van der Waals surface area contributed by atoms with Gasteiger partial charge in [0.2, 0.25) is 5.91 Å². The first-order valence-corrected chi connectivity index (χ1v) is 8.63. The maximum atomic E-state index is 13.5. The summed E-state index contributed by atoms with van der Waals surface area (Å²) in [6.07, 6.45) is 2.87. The Balaban J connectivity index is 1.68. The molecule has 0 atom stereocenters. The number of halogens is 1. The average molecular weight is 341 g/mol. The van der Waals surface area contributed by atoms with Gasteiger partial charge in [0.05, 0.1) is 6.54 Å². The van der Waals surface area contributed by atoms with Crippen LogP contribution in [-0.4, -0.2) is 33.1 Å². The van der Waals surface area contributed by atoms with Gasteiger partial charge in [-0.2, -0.15) is 0 Å². The van der Waals surface area contributed by atoms with E-state index in [1.54, 1.807) is 12.1 Å². The minimum absolute atomic E-state index is 0.0604. The van der Waals surface area contributed by atoms with E-state index in [-0.39, 0.29) is 18.3 Å². The van der Waals surface area contributed by atoms with Crippen LogP contribution >= 0.6 is 0 Å². The molecule has 0 bridgehead atoms. The zero-order valence-corrected chi connectivity index (χ0v) is 14.8. The molecule has 2 aromatic rings. The molecule has 1 aliphatic heterocycles. The van der Waals surface area contributed by atoms with E-state index in [1.165, 1.54) is 6.07 Å². The maximum absolute atomic E-state index is 13.5. The van der Waals surface area contributed by atoms with Crippen molar-refractivity contribution in [3.8, 4) is 0 Å². The summed E-state index contributed by atoms with van der Waals surface area (Å²) in [7, 11) is 3.96. The predicted molar refractivity (Wildman–Crippen MR) is 101 cm³/mol. The van der Waals surface area contributed by atoms with Crippen molar-refractivity contribution in [3.63, 3.8) is 0 Å². The quantitative estimate of drug-likeness (QED) is 0.922. The topological polar surface area (TPSA) is 35.6 Å². The van der Waals surface area contributed by atoms with Crippen LogP contribution in [0.5, 0.6) is 0 Å². The minimum atomic E-state index is -0.217. The molecule has 2 aromatic carbocycles. The van der Waals surface area contributed by atoms with Gasteiger partial charge in [0, 0.05) is 37.7 Å². The molecule has 0 spiro atoms. The normalized spacial score (nSPS) is 13.8. The van der Waals surface area contributed by atoms with Crippen LogP contribution < -0.4 is 15.1 Å². The van der Waals surface area contributed by atoms with E-state index in [9.17, 15) is 9.18 Å². The molecule has 3 rings (SSSR count). The Morgan fingerprint density at radius 1 is 1.16 bits per heavy atom. The summed E-state index contributed by atoms with van der Waals surface area (Å²) in [6, 6.07) is 12.6. The fraction of sp³-hybridized carbons (Fsp3) is 0.350. The number of fused-ring (bicyclic) bond motifs is 1. The van der Waals surface area contributed by atoms with Crippen molar-refractivity contribution in [2.75, 3.05) is 42.3 Å². The predicted octanol–water partition coefficient (Wildman–Crippen LogP) is 3.67. The summed E-state index contributed by atoms with van der Waals surface area (Å²) in [4.78, 5) is 16.5. The van der Waals surface area contributed by atoms with Crippen LogP contribution in [0.25, 0.3) is 0 Å². The summed E-state index contributed by atoms with van der Waals surface area (Å²) >= 11 is 0. The highest BCUT2D eigenvalue weighted by atomic mass is 19.1. The SMILES string of the molecule is CN(C)c1ccc(NC(=O)CN2CCCCc3cc(F)ccc32)cc1. The second-order valence-electron chi connectivity index (χ2n) is 6.64. The fourth-order valence-electron chi connectivity index (χ4n) is 3.18. The van der Waals surface area contributed by atoms with Crippen LogP contribution in [0.3, 0.4) is 0 Å². The van der Waals surface area contributed by atoms with Crippen molar-refractivity contribution in [3.05, 3.63) is 53.8 Å². The molecule has 0 aliphatic carbocycles. The molecule has 1 heterocycles. The first kappa shape index (κ1) is 17.3. The fourth-order valence-corrected chi connectivity index (χ4v) is 3.18. The summed E-state index contributed by atoms with van der Waals surface area (Å²) in [5, 5.41) is 2.94. The number of amides is 1. The lowest BCUT2D eigenvalue weighted by Crippen LogP contribution is -2.34. The Kier molecular flexibility index (Phi) is 5.22. The van der Waals surface area contributed by atoms with Gasteiger partial charge in [-0.05, 0) is 67.3 Å². The van der Waals surface area contributed by atoms with Crippen LogP contribution in [0.15, 0.2) is 42.5 Å². The van der Waals surface area contributed by atoms with E-state index >= 15 is 0 Å². The van der Waals surface area contributed by atoms with Crippen molar-refractivity contribution in [2.24, 2.45) is 0 Å². The molecule has 0 fully saturated rings. The second-order valence-corrected chi connectivity index (χ2v) is 6.64. The molecule has 0 radical (unpaired) electrons. The number of hydrogen-bond donors (Lipinski definition) is 1. The molecule has 0 aromatic heterocycles. The Morgan fingerprint density at radius 3 is 2.64 bits per heavy atom. The lowest BCUT2D eigenvalue weighted by atomic mass is 10.1. The van der Waals surface area contributed by atoms with Gasteiger partial charge < -0.3 is 15.1 Å². The molecular weight excluding hydrogens is 317 g/mol. The number of hydrogen-bond acceptors (Lipinski definition) is 3. The first-order valence-electron chi connectivity index (χ1n) is 8.63. The number of carbonyl (C=O) groups is 1. The smallest absolute Gasteiger partial charge is 0.243 e. The number of nitrogens with one attached hydrogen (secondary N) is 1. The molecule has 4 nitrogen and oxygen atoms in total. The van der Waals surface area contributed by atoms with Crippen LogP contribution in [0.4, 0.5) is 21.5 Å². The molecule has 1 amide bonds. The maximum Gasteiger partial charge on any atom is 0.243 e. The summed E-state index contributed by atoms with van der Waals surface area (Å²) < 4.78 is 13.5. The molecule has 25 heavy (non-hydrogen) atoms. The summed E-state index contributed by atoms with van der Waals surface area (Å²) in [5.41, 5.74) is 3.82. The highest BCUT2D eigenvalue weighted by Crippen LogP contribution is 2.27. The zero-order valence-electron chi connectivity index (χ0n) is 14.8. The van der Waals surface area contributed by atoms with Gasteiger partial charge in [-0.3, -0.25) is 4.79 Å². The Hall–Kier alpha value is -2.56. The molecule has 132 valence electrons. The average Bonchev–Trinajstić information content (AvgIpc) is 2.77. The number of carbonyl (C=O) groups excluding carboxylic acids is 1. The molecule has 0 saturated carbocycles. The second kappa shape index (κ2) is 7.55. The van der Waals surface area contributed by atoms with Gasteiger partial charge in [0.25, 0.3) is 0 Å². The number of benzene rings is 2. The van der Waals surface area contributed by atoms with E-state index in [0.29, 0.717) is 0 Å². The lowest BCUT2D eigenvalue weighted by Gasteiger charge is -2.24. The van der Waals surface area contributed by atoms with Gasteiger partial charge in [-0.25, -0.2) is 4.39 Å². The Morgan fingerprint density at radius 2 is 1.92 bits per heavy atom. The van der Waals surface area contributed by atoms with Crippen molar-refractivity contribution in [1.29, 1.82) is 0 Å². The lowest BCUT2D eigenvalue weighted by molar-refractivity contribution is -0.115. The van der Waals surface area contributed by atoms with Crippen LogP contribution in [-0.2, 0) is 11.2 Å². The third kappa shape index (κ3) is 4.29. The van der Waals surface area contributed by atoms with Crippen LogP contribution in [0.1, 0.15) is 18.4 Å². The Labute approximate surface area is 148 Å². The largest absolute Gasteiger partial charge is 0.378 e. The van der Waals surface area contributed by atoms with Gasteiger partial charge in [0.1, 0.15) is 5.82 Å². The third-order valence-corrected chi connectivity index (χ3v) is 4.51. The van der Waals surface area contributed by atoms with E-state index in [0.717, 1.165) is 48.4 Å². The number of nitrogens with zero attached hydrogens (tertiary/aromatic N) is 2. The van der Waals surface area contributed by atoms with E-state index < -0.39 is 0 Å². The standard InChI is InChI=1S/C20H24FN3O/c1-23(2)18-9-7-17(8-10-18)22-20(25)14-24-12-4-3-5-15-13-16(21)6-11-19(15)24/h6-11,13H,3-5,12,14H2,1-2H3,(H,22,25). The summed E-state index contributed by atoms with van der Waals surface area (Å²) in [6.45, 7) is 1.08. The van der Waals surface area contributed by atoms with Crippen molar-refractivity contribution >= 4 is 23.0 Å². The molecule has 0 saturated heterocycles. The molecular formula is C20H24FN3O. The highest BCUT2D eigenvalue weighted by Gasteiger charge is 2.18. The van der Waals surface area contributed by atoms with Crippen LogP contribution in [0, 0.1) is 5.82 Å². The minimum Gasteiger partial charge on any atom is -0.378 e. The van der Waals surface area contributed by atoms with Crippen molar-refractivity contribution in [1.82, 2.24) is 0 Å². The molecule has 0 unspecified atom stereocenters. The van der Waals surface area contributed by atoms with Gasteiger partial charge in [-0.15, -0.1) is 0 Å². The zero-order chi connectivity index (χ0) is 17.8. The van der Waals surface area contributed by atoms with Gasteiger partial charge in [-0.1, -0.05) is 0 Å². The molecule has 1 N–H and O–H groups in total. The Bertz CT molecular complexity index is 743. The highest BCUT2D eigenvalue weighted by molar-refractivity contribution is 5.94. The number of anilines is 3. The van der Waals surface area contributed by atoms with Gasteiger partial charge in [0.15, 0.2) is 0 Å². The van der Waals surface area contributed by atoms with E-state index in [2.05, 4.69) is 5.32 Å². The van der Waals surface area contributed by atoms with Gasteiger partial charge >= 0.3 is 0 Å². The van der Waals surface area contributed by atoms with E-state index in [1.807, 2.05) is 48.2 Å². The third-order valence-electron chi connectivity index (χ3n) is 4.51. The van der Waals surface area contributed by atoms with Crippen molar-refractivity contribution < 1.29 is 9.18 Å². The first-order chi connectivity index (χ1) is 12.0. The summed E-state index contributed by atoms with van der Waals surface area (Å²) in [5.74, 6) is -0.277. The molecule has 5 heteroatoms. The van der Waals surface area contributed by atoms with E-state index in [4.69, 9.17) is 0 Å². The number of rotatable bonds is 4. The number of aryl methyl sites for hydroxylation is 1.